The van der Waals surface area contributed by atoms with Gasteiger partial charge in [-0.05, 0) is 43.2 Å². The van der Waals surface area contributed by atoms with Crippen LogP contribution >= 0.6 is 0 Å². The molecule has 1 aliphatic rings. The van der Waals surface area contributed by atoms with Crippen molar-refractivity contribution in [1.29, 1.82) is 0 Å². The van der Waals surface area contributed by atoms with Crippen molar-refractivity contribution in [2.24, 2.45) is 0 Å². The topological polar surface area (TPSA) is 66.4 Å². The first-order valence-corrected chi connectivity index (χ1v) is 7.68. The highest BCUT2D eigenvalue weighted by Crippen LogP contribution is 2.32. The molecule has 1 aliphatic carbocycles. The number of hydrogen-bond acceptors (Lipinski definition) is 2. The van der Waals surface area contributed by atoms with Gasteiger partial charge in [0.15, 0.2) is 0 Å². The number of carboxylic acid groups (broad SMARTS) is 1. The van der Waals surface area contributed by atoms with Crippen molar-refractivity contribution in [1.82, 2.24) is 5.32 Å². The van der Waals surface area contributed by atoms with Crippen molar-refractivity contribution in [3.63, 3.8) is 0 Å². The van der Waals surface area contributed by atoms with Crippen LogP contribution < -0.4 is 5.32 Å². The molecular formula is C17H23NO3. The number of nitrogens with one attached hydrogen (secondary N) is 1. The van der Waals surface area contributed by atoms with E-state index >= 15 is 0 Å². The van der Waals surface area contributed by atoms with E-state index in [2.05, 4.69) is 24.4 Å². The fourth-order valence-corrected chi connectivity index (χ4v) is 2.62. The van der Waals surface area contributed by atoms with Crippen molar-refractivity contribution in [3.05, 3.63) is 35.4 Å². The summed E-state index contributed by atoms with van der Waals surface area (Å²) in [5.74, 6) is -1.13. The average molecular weight is 289 g/mol. The van der Waals surface area contributed by atoms with Crippen molar-refractivity contribution in [3.8, 4) is 0 Å². The Morgan fingerprint density at radius 1 is 1.19 bits per heavy atom. The molecule has 0 spiro atoms. The lowest BCUT2D eigenvalue weighted by atomic mass is 9.76. The highest BCUT2D eigenvalue weighted by molar-refractivity contribution is 5.88. The van der Waals surface area contributed by atoms with E-state index in [0.717, 1.165) is 18.4 Å². The number of carboxylic acids is 1. The van der Waals surface area contributed by atoms with Gasteiger partial charge in [0.1, 0.15) is 5.54 Å². The molecular weight excluding hydrogens is 266 g/mol. The van der Waals surface area contributed by atoms with Crippen molar-refractivity contribution in [2.45, 2.75) is 57.4 Å². The van der Waals surface area contributed by atoms with Gasteiger partial charge in [0.2, 0.25) is 5.91 Å². The summed E-state index contributed by atoms with van der Waals surface area (Å²) in [6, 6.07) is 8.01. The molecule has 1 fully saturated rings. The Hall–Kier alpha value is -1.84. The smallest absolute Gasteiger partial charge is 0.329 e. The second kappa shape index (κ2) is 6.74. The summed E-state index contributed by atoms with van der Waals surface area (Å²) in [7, 11) is 0. The Morgan fingerprint density at radius 3 is 2.29 bits per heavy atom. The molecule has 2 N–H and O–H groups in total. The van der Waals surface area contributed by atoms with Crippen molar-refractivity contribution < 1.29 is 14.7 Å². The van der Waals surface area contributed by atoms with Crippen LogP contribution in [0.3, 0.4) is 0 Å². The fraction of sp³-hybridized carbons (Fsp3) is 0.529. The average Bonchev–Trinajstić information content (AvgIpc) is 2.41. The Kier molecular flexibility index (Phi) is 4.99. The Balaban J connectivity index is 1.89. The molecule has 1 amide bonds. The molecule has 0 saturated heterocycles. The van der Waals surface area contributed by atoms with Crippen LogP contribution in [0.1, 0.15) is 50.2 Å². The zero-order valence-corrected chi connectivity index (χ0v) is 12.5. The summed E-state index contributed by atoms with van der Waals surface area (Å²) in [6.45, 7) is 2.16. The highest BCUT2D eigenvalue weighted by atomic mass is 16.4. The maximum absolute atomic E-state index is 12.0. The van der Waals surface area contributed by atoms with Gasteiger partial charge in [-0.2, -0.15) is 0 Å². The van der Waals surface area contributed by atoms with E-state index in [4.69, 9.17) is 0 Å². The first-order valence-electron chi connectivity index (χ1n) is 7.68. The number of aliphatic carboxylic acids is 1. The number of hydrogen-bond donors (Lipinski definition) is 2. The van der Waals surface area contributed by atoms with Crippen molar-refractivity contribution in [2.75, 3.05) is 0 Å². The van der Waals surface area contributed by atoms with Gasteiger partial charge in [-0.1, -0.05) is 37.6 Å². The Labute approximate surface area is 125 Å². The third-order valence-corrected chi connectivity index (χ3v) is 4.20. The lowest BCUT2D eigenvalue weighted by Gasteiger charge is -2.38. The minimum Gasteiger partial charge on any atom is -0.480 e. The Bertz CT molecular complexity index is 503. The van der Waals surface area contributed by atoms with E-state index < -0.39 is 11.5 Å². The highest BCUT2D eigenvalue weighted by Gasteiger charge is 2.45. The predicted octanol–water partition coefficient (Wildman–Crippen LogP) is 2.70. The van der Waals surface area contributed by atoms with Gasteiger partial charge in [-0.3, -0.25) is 4.79 Å². The molecule has 0 heterocycles. The van der Waals surface area contributed by atoms with E-state index in [-0.39, 0.29) is 12.3 Å². The molecule has 114 valence electrons. The zero-order chi connectivity index (χ0) is 15.3. The molecule has 2 rings (SSSR count). The molecule has 0 radical (unpaired) electrons. The second-order valence-electron chi connectivity index (χ2n) is 5.89. The van der Waals surface area contributed by atoms with Crippen molar-refractivity contribution >= 4 is 11.9 Å². The lowest BCUT2D eigenvalue weighted by molar-refractivity contribution is -0.151. The molecule has 21 heavy (non-hydrogen) atoms. The number of carbonyl (C=O) groups excluding carboxylic acids is 1. The fourth-order valence-electron chi connectivity index (χ4n) is 2.62. The summed E-state index contributed by atoms with van der Waals surface area (Å²) < 4.78 is 0. The molecule has 0 bridgehead atoms. The maximum Gasteiger partial charge on any atom is 0.329 e. The third-order valence-electron chi connectivity index (χ3n) is 4.20. The van der Waals surface area contributed by atoms with E-state index in [1.54, 1.807) is 0 Å². The molecule has 0 unspecified atom stereocenters. The largest absolute Gasteiger partial charge is 0.480 e. The summed E-state index contributed by atoms with van der Waals surface area (Å²) in [4.78, 5) is 23.2. The number of rotatable bonds is 7. The predicted molar refractivity (Wildman–Crippen MR) is 81.1 cm³/mol. The van der Waals surface area contributed by atoms with Gasteiger partial charge in [0, 0.05) is 0 Å². The third kappa shape index (κ3) is 3.84. The SMILES string of the molecule is CCCCc1ccc(CC(=O)NC2(C(=O)O)CCC2)cc1. The number of carbonyl (C=O) groups is 2. The van der Waals surface area contributed by atoms with E-state index in [1.807, 2.05) is 12.1 Å². The van der Waals surface area contributed by atoms with Gasteiger partial charge in [0.05, 0.1) is 6.42 Å². The summed E-state index contributed by atoms with van der Waals surface area (Å²) in [5, 5.41) is 11.9. The van der Waals surface area contributed by atoms with Gasteiger partial charge in [-0.25, -0.2) is 4.79 Å². The Morgan fingerprint density at radius 2 is 1.81 bits per heavy atom. The van der Waals surface area contributed by atoms with E-state index in [0.29, 0.717) is 12.8 Å². The monoisotopic (exact) mass is 289 g/mol. The van der Waals surface area contributed by atoms with Crippen LogP contribution in [0.4, 0.5) is 0 Å². The summed E-state index contributed by atoms with van der Waals surface area (Å²) in [5.41, 5.74) is 1.19. The molecule has 4 heteroatoms. The molecule has 1 aromatic rings. The molecule has 0 aromatic heterocycles. The number of benzene rings is 1. The normalized spacial score (nSPS) is 16.0. The molecule has 0 atom stereocenters. The zero-order valence-electron chi connectivity index (χ0n) is 12.5. The molecule has 4 nitrogen and oxygen atoms in total. The first-order chi connectivity index (χ1) is 10.1. The van der Waals surface area contributed by atoms with Crippen LogP contribution in [-0.4, -0.2) is 22.5 Å². The van der Waals surface area contributed by atoms with Crippen LogP contribution in [0.25, 0.3) is 0 Å². The first kappa shape index (κ1) is 15.5. The molecule has 1 saturated carbocycles. The van der Waals surface area contributed by atoms with Crippen LogP contribution in [0, 0.1) is 0 Å². The second-order valence-corrected chi connectivity index (χ2v) is 5.89. The standard InChI is InChI=1S/C17H23NO3/c1-2-3-5-13-6-8-14(9-7-13)12-15(19)18-17(16(20)21)10-4-11-17/h6-9H,2-5,10-12H2,1H3,(H,18,19)(H,20,21). The lowest BCUT2D eigenvalue weighted by Crippen LogP contribution is -2.59. The number of unbranched alkanes of at least 4 members (excludes halogenated alkanes) is 1. The minimum atomic E-state index is -1.02. The van der Waals surface area contributed by atoms with E-state index in [1.165, 1.54) is 18.4 Å². The van der Waals surface area contributed by atoms with Gasteiger partial charge >= 0.3 is 5.97 Å². The number of aryl methyl sites for hydroxylation is 1. The van der Waals surface area contributed by atoms with Crippen LogP contribution in [0.2, 0.25) is 0 Å². The minimum absolute atomic E-state index is 0.210. The van der Waals surface area contributed by atoms with Crippen LogP contribution in [0.5, 0.6) is 0 Å². The van der Waals surface area contributed by atoms with E-state index in [9.17, 15) is 14.7 Å². The van der Waals surface area contributed by atoms with Gasteiger partial charge < -0.3 is 10.4 Å². The van der Waals surface area contributed by atoms with Crippen LogP contribution in [0.15, 0.2) is 24.3 Å². The maximum atomic E-state index is 12.0. The summed E-state index contributed by atoms with van der Waals surface area (Å²) in [6.07, 6.45) is 5.56. The van der Waals surface area contributed by atoms with Gasteiger partial charge in [-0.15, -0.1) is 0 Å². The summed E-state index contributed by atoms with van der Waals surface area (Å²) >= 11 is 0. The quantitative estimate of drug-likeness (QED) is 0.811. The van der Waals surface area contributed by atoms with Gasteiger partial charge in [0.25, 0.3) is 0 Å². The number of amides is 1. The van der Waals surface area contributed by atoms with Crippen LogP contribution in [-0.2, 0) is 22.4 Å². The molecule has 0 aliphatic heterocycles. The molecule has 1 aromatic carbocycles.